The molecule has 1 aliphatic heterocycles. The molecule has 1 saturated heterocycles. The highest BCUT2D eigenvalue weighted by Gasteiger charge is 2.19. The van der Waals surface area contributed by atoms with Crippen LogP contribution in [0, 0.1) is 0 Å². The van der Waals surface area contributed by atoms with E-state index in [0.29, 0.717) is 26.1 Å². The highest BCUT2D eigenvalue weighted by molar-refractivity contribution is 5.81. The van der Waals surface area contributed by atoms with E-state index in [1.807, 2.05) is 0 Å². The Morgan fingerprint density at radius 1 is 1.43 bits per heavy atom. The molecule has 0 saturated carbocycles. The van der Waals surface area contributed by atoms with Gasteiger partial charge in [-0.15, -0.1) is 0 Å². The van der Waals surface area contributed by atoms with E-state index in [1.165, 1.54) is 0 Å². The zero-order valence-electron chi connectivity index (χ0n) is 7.77. The zero-order chi connectivity index (χ0) is 9.80. The van der Waals surface area contributed by atoms with Crippen LogP contribution in [0.3, 0.4) is 0 Å². The monoisotopic (exact) mass is 196 g/mol. The van der Waals surface area contributed by atoms with Gasteiger partial charge in [0.05, 0.1) is 32.2 Å². The van der Waals surface area contributed by atoms with Crippen molar-refractivity contribution >= 4 is 5.78 Å². The van der Waals surface area contributed by atoms with Gasteiger partial charge in [-0.05, 0) is 11.6 Å². The van der Waals surface area contributed by atoms with Crippen LogP contribution in [0.1, 0.15) is 12.0 Å². The van der Waals surface area contributed by atoms with Gasteiger partial charge in [0.2, 0.25) is 0 Å². The predicted molar refractivity (Wildman–Crippen MR) is 47.7 cm³/mol. The van der Waals surface area contributed by atoms with E-state index in [2.05, 4.69) is 0 Å². The van der Waals surface area contributed by atoms with Gasteiger partial charge in [-0.25, -0.2) is 0 Å². The molecule has 4 nitrogen and oxygen atoms in total. The number of carbonyl (C=O) groups excluding carboxylic acids is 1. The minimum absolute atomic E-state index is 0.110. The molecule has 0 amide bonds. The quantitative estimate of drug-likeness (QED) is 0.724. The van der Waals surface area contributed by atoms with E-state index in [0.717, 1.165) is 5.56 Å². The Morgan fingerprint density at radius 2 is 2.21 bits per heavy atom. The molecular formula is C10H12O4. The molecule has 2 rings (SSSR count). The van der Waals surface area contributed by atoms with E-state index < -0.39 is 0 Å². The van der Waals surface area contributed by atoms with Crippen LogP contribution in [0.5, 0.6) is 0 Å². The molecule has 2 heterocycles. The fourth-order valence-electron chi connectivity index (χ4n) is 1.40. The topological polar surface area (TPSA) is 48.7 Å². The Kier molecular flexibility index (Phi) is 2.96. The minimum Gasteiger partial charge on any atom is -0.472 e. The number of ketones is 1. The van der Waals surface area contributed by atoms with Crippen molar-refractivity contribution in [3.8, 4) is 0 Å². The maximum Gasteiger partial charge on any atom is 0.164 e. The lowest BCUT2D eigenvalue weighted by molar-refractivity contribution is -0.126. The van der Waals surface area contributed by atoms with Crippen molar-refractivity contribution in [1.29, 1.82) is 0 Å². The Balaban J connectivity index is 1.78. The van der Waals surface area contributed by atoms with Gasteiger partial charge >= 0.3 is 0 Å². The molecule has 0 atom stereocenters. The first-order chi connectivity index (χ1) is 6.84. The summed E-state index contributed by atoms with van der Waals surface area (Å²) in [5.41, 5.74) is 0.896. The molecule has 0 unspecified atom stereocenters. The van der Waals surface area contributed by atoms with E-state index in [9.17, 15) is 4.79 Å². The van der Waals surface area contributed by atoms with Crippen molar-refractivity contribution in [2.75, 3.05) is 13.2 Å². The SMILES string of the molecule is O=C(Cc1ccoc1)CC1OCCO1. The van der Waals surface area contributed by atoms with Crippen LogP contribution >= 0.6 is 0 Å². The summed E-state index contributed by atoms with van der Waals surface area (Å²) in [6, 6.07) is 1.79. The van der Waals surface area contributed by atoms with Crippen LogP contribution in [0.25, 0.3) is 0 Å². The van der Waals surface area contributed by atoms with Crippen molar-refractivity contribution in [2.45, 2.75) is 19.1 Å². The fraction of sp³-hybridized carbons (Fsp3) is 0.500. The molecule has 0 N–H and O–H groups in total. The van der Waals surface area contributed by atoms with Crippen molar-refractivity contribution in [3.63, 3.8) is 0 Å². The molecule has 0 radical (unpaired) electrons. The van der Waals surface area contributed by atoms with Crippen LogP contribution in [0.15, 0.2) is 23.0 Å². The minimum atomic E-state index is -0.339. The Morgan fingerprint density at radius 3 is 2.86 bits per heavy atom. The molecule has 4 heteroatoms. The largest absolute Gasteiger partial charge is 0.472 e. The lowest BCUT2D eigenvalue weighted by Gasteiger charge is -2.06. The van der Waals surface area contributed by atoms with Crippen molar-refractivity contribution in [3.05, 3.63) is 24.2 Å². The van der Waals surface area contributed by atoms with Crippen LogP contribution in [0.4, 0.5) is 0 Å². The molecule has 1 aromatic heterocycles. The molecule has 1 aliphatic rings. The molecule has 1 aromatic rings. The maximum atomic E-state index is 11.5. The lowest BCUT2D eigenvalue weighted by atomic mass is 10.1. The molecule has 14 heavy (non-hydrogen) atoms. The van der Waals surface area contributed by atoms with Crippen molar-refractivity contribution in [2.24, 2.45) is 0 Å². The lowest BCUT2D eigenvalue weighted by Crippen LogP contribution is -2.15. The van der Waals surface area contributed by atoms with E-state index >= 15 is 0 Å². The first kappa shape index (κ1) is 9.43. The number of carbonyl (C=O) groups is 1. The third-order valence-electron chi connectivity index (χ3n) is 2.07. The Labute approximate surface area is 81.8 Å². The smallest absolute Gasteiger partial charge is 0.164 e. The highest BCUT2D eigenvalue weighted by atomic mass is 16.7. The molecule has 0 bridgehead atoms. The zero-order valence-corrected chi connectivity index (χ0v) is 7.77. The number of rotatable bonds is 4. The summed E-state index contributed by atoms with van der Waals surface area (Å²) in [4.78, 5) is 11.5. The third-order valence-corrected chi connectivity index (χ3v) is 2.07. The Hall–Kier alpha value is -1.13. The first-order valence-electron chi connectivity index (χ1n) is 4.60. The molecular weight excluding hydrogens is 184 g/mol. The fourth-order valence-corrected chi connectivity index (χ4v) is 1.40. The number of furan rings is 1. The normalized spacial score (nSPS) is 17.4. The molecule has 0 aliphatic carbocycles. The van der Waals surface area contributed by atoms with Crippen LogP contribution in [-0.2, 0) is 20.7 Å². The van der Waals surface area contributed by atoms with Crippen LogP contribution in [0.2, 0.25) is 0 Å². The van der Waals surface area contributed by atoms with Crippen LogP contribution in [-0.4, -0.2) is 25.3 Å². The van der Waals surface area contributed by atoms with Crippen molar-refractivity contribution in [1.82, 2.24) is 0 Å². The average molecular weight is 196 g/mol. The van der Waals surface area contributed by atoms with Gasteiger partial charge in [0.1, 0.15) is 5.78 Å². The van der Waals surface area contributed by atoms with Gasteiger partial charge in [-0.2, -0.15) is 0 Å². The second-order valence-corrected chi connectivity index (χ2v) is 3.22. The van der Waals surface area contributed by atoms with E-state index in [-0.39, 0.29) is 12.1 Å². The van der Waals surface area contributed by atoms with Gasteiger partial charge in [-0.3, -0.25) is 4.79 Å². The predicted octanol–water partition coefficient (Wildman–Crippen LogP) is 1.15. The first-order valence-corrected chi connectivity index (χ1v) is 4.60. The van der Waals surface area contributed by atoms with Gasteiger partial charge in [0.25, 0.3) is 0 Å². The summed E-state index contributed by atoms with van der Waals surface area (Å²) in [5.74, 6) is 0.110. The number of Topliss-reactive ketones (excluding diaryl/α,β-unsaturated/α-hetero) is 1. The summed E-state index contributed by atoms with van der Waals surface area (Å²) in [7, 11) is 0. The number of hydrogen-bond acceptors (Lipinski definition) is 4. The number of hydrogen-bond donors (Lipinski definition) is 0. The Bertz CT molecular complexity index is 285. The summed E-state index contributed by atoms with van der Waals surface area (Å²) in [6.45, 7) is 1.17. The van der Waals surface area contributed by atoms with Gasteiger partial charge in [-0.1, -0.05) is 0 Å². The molecule has 76 valence electrons. The molecule has 0 aromatic carbocycles. The van der Waals surface area contributed by atoms with Gasteiger partial charge < -0.3 is 13.9 Å². The summed E-state index contributed by atoms with van der Waals surface area (Å²) < 4.78 is 15.2. The molecule has 0 spiro atoms. The van der Waals surface area contributed by atoms with Crippen molar-refractivity contribution < 1.29 is 18.7 Å². The van der Waals surface area contributed by atoms with Gasteiger partial charge in [0, 0.05) is 6.42 Å². The number of ether oxygens (including phenoxy) is 2. The molecule has 1 fully saturated rings. The highest BCUT2D eigenvalue weighted by Crippen LogP contribution is 2.10. The third kappa shape index (κ3) is 2.43. The van der Waals surface area contributed by atoms with E-state index in [1.54, 1.807) is 18.6 Å². The van der Waals surface area contributed by atoms with E-state index in [4.69, 9.17) is 13.9 Å². The van der Waals surface area contributed by atoms with Crippen LogP contribution < -0.4 is 0 Å². The maximum absolute atomic E-state index is 11.5. The standard InChI is InChI=1S/C10H12O4/c11-9(5-8-1-2-12-7-8)6-10-13-3-4-14-10/h1-2,7,10H,3-6H2. The second-order valence-electron chi connectivity index (χ2n) is 3.22. The summed E-state index contributed by atoms with van der Waals surface area (Å²) in [6.07, 6.45) is 3.51. The average Bonchev–Trinajstić information content (AvgIpc) is 2.76. The summed E-state index contributed by atoms with van der Waals surface area (Å²) in [5, 5.41) is 0. The summed E-state index contributed by atoms with van der Waals surface area (Å²) >= 11 is 0. The van der Waals surface area contributed by atoms with Gasteiger partial charge in [0.15, 0.2) is 6.29 Å². The second kappa shape index (κ2) is 4.39.